The monoisotopic (exact) mass is 790 g/mol. The second-order valence-electron chi connectivity index (χ2n) is 16.0. The molecule has 0 bridgehead atoms. The molecule has 0 aliphatic heterocycles. The minimum Gasteiger partial charge on any atom is -0.309 e. The first-order chi connectivity index (χ1) is 30.7. The molecule has 0 atom stereocenters. The highest BCUT2D eigenvalue weighted by Crippen LogP contribution is 2.57. The average molecular weight is 791 g/mol. The standard InChI is InChI=1S/C60H42N2/c1-3-56(61(45-27-12-6-13-28-45)47-39-40-52-51-33-19-21-38-57(51)62(58(52)41-47)46-29-14-7-15-30-46)50-32-17-16-31-48(50)42(2)49-35-22-37-55-59(49)53-34-18-20-36-54(53)60(55,43-23-8-4-9-24-43)44-25-10-5-11-26-44/h1,4-41H,2H3/b48-42+,56-50+. The van der Waals surface area contributed by atoms with Crippen LogP contribution in [-0.4, -0.2) is 4.57 Å². The highest BCUT2D eigenvalue weighted by Gasteiger charge is 2.46. The molecule has 1 aliphatic rings. The number of hydrogen-bond acceptors (Lipinski definition) is 1. The van der Waals surface area contributed by atoms with Crippen molar-refractivity contribution in [2.75, 3.05) is 4.90 Å². The van der Waals surface area contributed by atoms with Gasteiger partial charge in [0.05, 0.1) is 16.4 Å². The third-order valence-electron chi connectivity index (χ3n) is 12.8. The van der Waals surface area contributed by atoms with Crippen molar-refractivity contribution in [3.05, 3.63) is 269 Å². The lowest BCUT2D eigenvalue weighted by Crippen LogP contribution is -2.33. The number of nitrogens with zero attached hydrogens (tertiary/aromatic N) is 2. The van der Waals surface area contributed by atoms with Crippen molar-refractivity contribution in [3.8, 4) is 29.2 Å². The molecule has 0 amide bonds. The van der Waals surface area contributed by atoms with Crippen LogP contribution in [0.5, 0.6) is 0 Å². The Morgan fingerprint density at radius 2 is 1.05 bits per heavy atom. The molecular weight excluding hydrogens is 749 g/mol. The summed E-state index contributed by atoms with van der Waals surface area (Å²) in [7, 11) is 0. The van der Waals surface area contributed by atoms with Gasteiger partial charge in [0.15, 0.2) is 0 Å². The summed E-state index contributed by atoms with van der Waals surface area (Å²) >= 11 is 0. The largest absolute Gasteiger partial charge is 0.309 e. The predicted octanol–water partition coefficient (Wildman–Crippen LogP) is 12.9. The molecular formula is C60H42N2. The molecule has 62 heavy (non-hydrogen) atoms. The molecule has 1 aromatic heterocycles. The maximum atomic E-state index is 6.76. The first-order valence-electron chi connectivity index (χ1n) is 21.2. The van der Waals surface area contributed by atoms with E-state index in [9.17, 15) is 0 Å². The molecule has 0 N–H and O–H groups in total. The fourth-order valence-electron chi connectivity index (χ4n) is 10.2. The Morgan fingerprint density at radius 1 is 0.484 bits per heavy atom. The van der Waals surface area contributed by atoms with E-state index in [0.717, 1.165) is 49.8 Å². The van der Waals surface area contributed by atoms with E-state index in [0.29, 0.717) is 0 Å². The summed E-state index contributed by atoms with van der Waals surface area (Å²) in [4.78, 5) is 2.25. The molecule has 9 aromatic carbocycles. The van der Waals surface area contributed by atoms with Crippen molar-refractivity contribution >= 4 is 44.5 Å². The number of aromatic nitrogens is 1. The van der Waals surface area contributed by atoms with Gasteiger partial charge in [0.2, 0.25) is 0 Å². The highest BCUT2D eigenvalue weighted by molar-refractivity contribution is 6.10. The molecule has 2 nitrogen and oxygen atoms in total. The van der Waals surface area contributed by atoms with Crippen LogP contribution in [0.25, 0.3) is 49.9 Å². The van der Waals surface area contributed by atoms with Crippen LogP contribution in [0.3, 0.4) is 0 Å². The van der Waals surface area contributed by atoms with Gasteiger partial charge in [-0.05, 0) is 99.1 Å². The predicted molar refractivity (Wildman–Crippen MR) is 259 cm³/mol. The smallest absolute Gasteiger partial charge is 0.105 e. The first-order valence-corrected chi connectivity index (χ1v) is 21.2. The summed E-state index contributed by atoms with van der Waals surface area (Å²) in [5.74, 6) is 3.23. The zero-order valence-corrected chi connectivity index (χ0v) is 34.4. The van der Waals surface area contributed by atoms with E-state index in [2.05, 4.69) is 253 Å². The Hall–Kier alpha value is -8.12. The fourth-order valence-corrected chi connectivity index (χ4v) is 10.2. The minimum absolute atomic E-state index is 0.495. The minimum atomic E-state index is -0.495. The lowest BCUT2D eigenvalue weighted by atomic mass is 9.67. The number of benzene rings is 9. The third-order valence-corrected chi connectivity index (χ3v) is 12.8. The Balaban J connectivity index is 1.19. The Labute approximate surface area is 362 Å². The lowest BCUT2D eigenvalue weighted by molar-refractivity contribution is 0.768. The van der Waals surface area contributed by atoms with Crippen LogP contribution >= 0.6 is 0 Å². The molecule has 0 saturated carbocycles. The molecule has 292 valence electrons. The van der Waals surface area contributed by atoms with Crippen molar-refractivity contribution in [2.45, 2.75) is 12.3 Å². The number of anilines is 2. The van der Waals surface area contributed by atoms with Crippen LogP contribution in [0.4, 0.5) is 11.4 Å². The van der Waals surface area contributed by atoms with Gasteiger partial charge in [0, 0.05) is 33.1 Å². The normalized spacial score (nSPS) is 13.5. The van der Waals surface area contributed by atoms with Crippen molar-refractivity contribution in [1.29, 1.82) is 0 Å². The molecule has 0 radical (unpaired) electrons. The van der Waals surface area contributed by atoms with Crippen molar-refractivity contribution in [3.63, 3.8) is 0 Å². The summed E-state index contributed by atoms with van der Waals surface area (Å²) < 4.78 is 2.36. The van der Waals surface area contributed by atoms with E-state index in [1.54, 1.807) is 0 Å². The van der Waals surface area contributed by atoms with Gasteiger partial charge in [0.1, 0.15) is 5.70 Å². The van der Waals surface area contributed by atoms with Gasteiger partial charge >= 0.3 is 0 Å². The summed E-state index contributed by atoms with van der Waals surface area (Å²) in [5, 5.41) is 4.47. The molecule has 0 saturated heterocycles. The molecule has 11 rings (SSSR count). The topological polar surface area (TPSA) is 8.17 Å². The van der Waals surface area contributed by atoms with E-state index in [1.165, 1.54) is 49.7 Å². The van der Waals surface area contributed by atoms with Crippen LogP contribution in [0.2, 0.25) is 0 Å². The van der Waals surface area contributed by atoms with Crippen LogP contribution in [0, 0.1) is 12.3 Å². The van der Waals surface area contributed by atoms with Gasteiger partial charge in [-0.15, -0.1) is 6.42 Å². The molecule has 0 spiro atoms. The van der Waals surface area contributed by atoms with E-state index >= 15 is 0 Å². The van der Waals surface area contributed by atoms with Crippen LogP contribution < -0.4 is 15.3 Å². The number of fused-ring (bicyclic) bond motifs is 6. The van der Waals surface area contributed by atoms with Gasteiger partial charge in [-0.1, -0.05) is 194 Å². The molecule has 1 aliphatic carbocycles. The number of rotatable bonds is 7. The SMILES string of the molecule is C#C/C(=c1/cccc/c1=C(/C)c1cccc2c1-c1ccccc1C2(c1ccccc1)c1ccccc1)N(c1ccccc1)c1ccc2c3ccccc3n(-c3ccccc3)c2c1. The van der Waals surface area contributed by atoms with E-state index in [-0.39, 0.29) is 0 Å². The average Bonchev–Trinajstić information content (AvgIpc) is 3.85. The Kier molecular flexibility index (Phi) is 9.03. The van der Waals surface area contributed by atoms with Gasteiger partial charge in [-0.3, -0.25) is 0 Å². The number of hydrogen-bond donors (Lipinski definition) is 0. The van der Waals surface area contributed by atoms with E-state index in [4.69, 9.17) is 6.42 Å². The van der Waals surface area contributed by atoms with Gasteiger partial charge in [-0.25, -0.2) is 0 Å². The Morgan fingerprint density at radius 3 is 1.76 bits per heavy atom. The summed E-state index contributed by atoms with van der Waals surface area (Å²) in [6.45, 7) is 2.26. The van der Waals surface area contributed by atoms with Gasteiger partial charge < -0.3 is 9.47 Å². The fraction of sp³-hybridized carbons (Fsp3) is 0.0333. The first kappa shape index (κ1) is 36.9. The summed E-state index contributed by atoms with van der Waals surface area (Å²) in [5.41, 5.74) is 15.5. The van der Waals surface area contributed by atoms with Crippen LogP contribution in [0.15, 0.2) is 231 Å². The highest BCUT2D eigenvalue weighted by atomic mass is 15.1. The summed E-state index contributed by atoms with van der Waals surface area (Å²) in [6, 6.07) is 82.9. The second kappa shape index (κ2) is 15.2. The zero-order valence-electron chi connectivity index (χ0n) is 34.4. The maximum Gasteiger partial charge on any atom is 0.105 e. The van der Waals surface area contributed by atoms with Crippen LogP contribution in [-0.2, 0) is 5.41 Å². The Bertz CT molecular complexity index is 3430. The molecule has 1 heterocycles. The van der Waals surface area contributed by atoms with E-state index < -0.39 is 5.41 Å². The van der Waals surface area contributed by atoms with Gasteiger partial charge in [-0.2, -0.15) is 0 Å². The molecule has 0 unspecified atom stereocenters. The zero-order chi connectivity index (χ0) is 41.6. The van der Waals surface area contributed by atoms with Crippen molar-refractivity contribution in [1.82, 2.24) is 4.57 Å². The quantitative estimate of drug-likeness (QED) is 0.146. The molecule has 2 heteroatoms. The van der Waals surface area contributed by atoms with Gasteiger partial charge in [0.25, 0.3) is 0 Å². The number of para-hydroxylation sites is 3. The van der Waals surface area contributed by atoms with E-state index in [1.807, 2.05) is 0 Å². The van der Waals surface area contributed by atoms with Crippen molar-refractivity contribution in [2.24, 2.45) is 0 Å². The lowest BCUT2D eigenvalue weighted by Gasteiger charge is -2.34. The van der Waals surface area contributed by atoms with Crippen LogP contribution in [0.1, 0.15) is 34.7 Å². The maximum absolute atomic E-state index is 6.76. The van der Waals surface area contributed by atoms with Crippen molar-refractivity contribution < 1.29 is 0 Å². The summed E-state index contributed by atoms with van der Waals surface area (Å²) in [6.07, 6.45) is 6.76. The third kappa shape index (κ3) is 5.67. The number of terminal acetylenes is 1. The molecule has 10 aromatic rings. The second-order valence-corrected chi connectivity index (χ2v) is 16.0. The molecule has 0 fully saturated rings.